The van der Waals surface area contributed by atoms with E-state index >= 15 is 0 Å². The van der Waals surface area contributed by atoms with Gasteiger partial charge in [0.25, 0.3) is 0 Å². The van der Waals surface area contributed by atoms with E-state index in [0.717, 1.165) is 0 Å². The van der Waals surface area contributed by atoms with Gasteiger partial charge in [-0.2, -0.15) is 0 Å². The maximum Gasteiger partial charge on any atom is 0.242 e. The van der Waals surface area contributed by atoms with Crippen LogP contribution in [0.3, 0.4) is 0 Å². The zero-order valence-electron chi connectivity index (χ0n) is 10.8. The number of hydrogen-bond acceptors (Lipinski definition) is 2. The molecule has 0 spiro atoms. The minimum Gasteiger partial charge on any atom is -0.351 e. The lowest BCUT2D eigenvalue weighted by Crippen LogP contribution is -2.53. The first-order valence-corrected chi connectivity index (χ1v) is 7.34. The monoisotopic (exact) mass is 250 g/mol. The quantitative estimate of drug-likeness (QED) is 0.791. The highest BCUT2D eigenvalue weighted by atomic mass is 16.2. The Labute approximate surface area is 108 Å². The van der Waals surface area contributed by atoms with Crippen LogP contribution in [0.2, 0.25) is 0 Å². The maximum atomic E-state index is 12.2. The summed E-state index contributed by atoms with van der Waals surface area (Å²) in [4.78, 5) is 23.3. The van der Waals surface area contributed by atoms with Crippen molar-refractivity contribution >= 4 is 11.8 Å². The molecule has 0 aromatic heterocycles. The third-order valence-electron chi connectivity index (χ3n) is 4.94. The van der Waals surface area contributed by atoms with Crippen LogP contribution >= 0.6 is 0 Å². The first kappa shape index (κ1) is 12.0. The summed E-state index contributed by atoms with van der Waals surface area (Å²) in [5, 5.41) is 5.99. The van der Waals surface area contributed by atoms with Crippen LogP contribution in [0, 0.1) is 11.8 Å². The molecule has 2 saturated carbocycles. The molecule has 4 heteroatoms. The van der Waals surface area contributed by atoms with Crippen molar-refractivity contribution < 1.29 is 9.59 Å². The Bertz CT molecular complexity index is 334. The number of amides is 2. The van der Waals surface area contributed by atoms with Crippen LogP contribution in [0.4, 0.5) is 0 Å². The van der Waals surface area contributed by atoms with Crippen LogP contribution < -0.4 is 10.6 Å². The fourth-order valence-corrected chi connectivity index (χ4v) is 3.29. The topological polar surface area (TPSA) is 58.2 Å². The number of nitrogens with one attached hydrogen (secondary N) is 2. The van der Waals surface area contributed by atoms with Gasteiger partial charge in [-0.3, -0.25) is 9.59 Å². The Kier molecular flexibility index (Phi) is 3.27. The third-order valence-corrected chi connectivity index (χ3v) is 4.94. The molecule has 2 N–H and O–H groups in total. The van der Waals surface area contributed by atoms with Crippen molar-refractivity contribution in [1.29, 1.82) is 0 Å². The molecule has 2 aliphatic carbocycles. The fraction of sp³-hybridized carbons (Fsp3) is 0.857. The molecular weight excluding hydrogens is 228 g/mol. The Balaban J connectivity index is 1.57. The predicted molar refractivity (Wildman–Crippen MR) is 67.8 cm³/mol. The van der Waals surface area contributed by atoms with Crippen LogP contribution in [-0.2, 0) is 9.59 Å². The molecule has 2 amide bonds. The van der Waals surface area contributed by atoms with E-state index in [4.69, 9.17) is 0 Å². The van der Waals surface area contributed by atoms with Gasteiger partial charge in [-0.25, -0.2) is 0 Å². The van der Waals surface area contributed by atoms with Gasteiger partial charge in [0, 0.05) is 12.5 Å². The molecule has 1 saturated heterocycles. The van der Waals surface area contributed by atoms with Crippen molar-refractivity contribution in [2.75, 3.05) is 0 Å². The van der Waals surface area contributed by atoms with Crippen molar-refractivity contribution in [3.8, 4) is 0 Å². The highest BCUT2D eigenvalue weighted by molar-refractivity contribution is 5.90. The van der Waals surface area contributed by atoms with Gasteiger partial charge >= 0.3 is 0 Å². The zero-order valence-corrected chi connectivity index (χ0v) is 10.8. The molecule has 1 heterocycles. The summed E-state index contributed by atoms with van der Waals surface area (Å²) in [6.07, 6.45) is 8.82. The van der Waals surface area contributed by atoms with Gasteiger partial charge in [0.2, 0.25) is 11.8 Å². The van der Waals surface area contributed by atoms with Gasteiger partial charge in [-0.15, -0.1) is 0 Å². The number of rotatable bonds is 4. The molecule has 3 fully saturated rings. The average molecular weight is 250 g/mol. The summed E-state index contributed by atoms with van der Waals surface area (Å²) >= 11 is 0. The van der Waals surface area contributed by atoms with Crippen molar-refractivity contribution in [3.05, 3.63) is 0 Å². The van der Waals surface area contributed by atoms with E-state index in [2.05, 4.69) is 10.6 Å². The summed E-state index contributed by atoms with van der Waals surface area (Å²) in [6.45, 7) is 0. The molecule has 0 radical (unpaired) electrons. The summed E-state index contributed by atoms with van der Waals surface area (Å²) in [5.74, 6) is 1.44. The van der Waals surface area contributed by atoms with Crippen LogP contribution in [-0.4, -0.2) is 23.9 Å². The predicted octanol–water partition coefficient (Wildman–Crippen LogP) is 1.35. The lowest BCUT2D eigenvalue weighted by Gasteiger charge is -2.43. The van der Waals surface area contributed by atoms with Gasteiger partial charge < -0.3 is 10.6 Å². The number of carbonyl (C=O) groups is 2. The maximum absolute atomic E-state index is 12.2. The molecule has 0 aromatic carbocycles. The van der Waals surface area contributed by atoms with Crippen LogP contribution in [0.5, 0.6) is 0 Å². The summed E-state index contributed by atoms with van der Waals surface area (Å²) < 4.78 is 0. The molecule has 18 heavy (non-hydrogen) atoms. The Morgan fingerprint density at radius 3 is 2.11 bits per heavy atom. The molecule has 3 rings (SSSR count). The molecule has 0 bridgehead atoms. The van der Waals surface area contributed by atoms with Crippen molar-refractivity contribution in [3.63, 3.8) is 0 Å². The number of hydrogen-bond donors (Lipinski definition) is 2. The minimum absolute atomic E-state index is 0.0130. The number of carbonyl (C=O) groups excluding carboxylic acids is 2. The van der Waals surface area contributed by atoms with Crippen molar-refractivity contribution in [1.82, 2.24) is 10.6 Å². The molecule has 1 atom stereocenters. The molecule has 100 valence electrons. The van der Waals surface area contributed by atoms with E-state index in [9.17, 15) is 9.59 Å². The normalized spacial score (nSPS) is 28.7. The summed E-state index contributed by atoms with van der Waals surface area (Å²) in [7, 11) is 0. The molecule has 0 aromatic rings. The Hall–Kier alpha value is -1.06. The lowest BCUT2D eigenvalue weighted by molar-refractivity contribution is -0.127. The molecule has 0 unspecified atom stereocenters. The van der Waals surface area contributed by atoms with E-state index in [1.165, 1.54) is 38.5 Å². The van der Waals surface area contributed by atoms with E-state index in [1.54, 1.807) is 0 Å². The van der Waals surface area contributed by atoms with Crippen molar-refractivity contribution in [2.24, 2.45) is 11.8 Å². The smallest absolute Gasteiger partial charge is 0.242 e. The second-order valence-corrected chi connectivity index (χ2v) is 6.08. The SMILES string of the molecule is O=C1CC[C@H](C(=O)NC(C2CCC2)C2CCC2)N1. The van der Waals surface area contributed by atoms with Gasteiger partial charge in [-0.1, -0.05) is 12.8 Å². The van der Waals surface area contributed by atoms with Crippen LogP contribution in [0.1, 0.15) is 51.4 Å². The van der Waals surface area contributed by atoms with E-state index in [0.29, 0.717) is 30.7 Å². The first-order valence-electron chi connectivity index (χ1n) is 7.34. The van der Waals surface area contributed by atoms with Gasteiger partial charge in [0.15, 0.2) is 0 Å². The van der Waals surface area contributed by atoms with Gasteiger partial charge in [0.05, 0.1) is 0 Å². The minimum atomic E-state index is -0.278. The highest BCUT2D eigenvalue weighted by Crippen LogP contribution is 2.40. The first-order chi connectivity index (χ1) is 8.74. The van der Waals surface area contributed by atoms with Crippen LogP contribution in [0.25, 0.3) is 0 Å². The van der Waals surface area contributed by atoms with E-state index < -0.39 is 0 Å². The standard InChI is InChI=1S/C14H22N2O2/c17-12-8-7-11(15-12)14(18)16-13(9-3-1-4-9)10-5-2-6-10/h9-11,13H,1-8H2,(H,15,17)(H,16,18)/t11-/m1/s1. The molecule has 1 aliphatic heterocycles. The van der Waals surface area contributed by atoms with Crippen LogP contribution in [0.15, 0.2) is 0 Å². The molecule has 3 aliphatic rings. The lowest BCUT2D eigenvalue weighted by atomic mass is 9.68. The second kappa shape index (κ2) is 4.90. The van der Waals surface area contributed by atoms with Gasteiger partial charge in [-0.05, 0) is 43.9 Å². The third kappa shape index (κ3) is 2.25. The molecular formula is C14H22N2O2. The second-order valence-electron chi connectivity index (χ2n) is 6.08. The summed E-state index contributed by atoms with van der Waals surface area (Å²) in [6, 6.07) is 0.0951. The van der Waals surface area contributed by atoms with Crippen molar-refractivity contribution in [2.45, 2.75) is 63.5 Å². The highest BCUT2D eigenvalue weighted by Gasteiger charge is 2.38. The Morgan fingerprint density at radius 1 is 1.11 bits per heavy atom. The zero-order chi connectivity index (χ0) is 12.5. The summed E-state index contributed by atoms with van der Waals surface area (Å²) in [5.41, 5.74) is 0. The van der Waals surface area contributed by atoms with E-state index in [1.807, 2.05) is 0 Å². The van der Waals surface area contributed by atoms with Gasteiger partial charge in [0.1, 0.15) is 6.04 Å². The molecule has 4 nitrogen and oxygen atoms in total. The van der Waals surface area contributed by atoms with E-state index in [-0.39, 0.29) is 17.9 Å². The largest absolute Gasteiger partial charge is 0.351 e. The Morgan fingerprint density at radius 2 is 1.72 bits per heavy atom. The fourth-order valence-electron chi connectivity index (χ4n) is 3.29. The average Bonchev–Trinajstić information content (AvgIpc) is 2.59.